The van der Waals surface area contributed by atoms with Crippen LogP contribution in [0.5, 0.6) is 17.5 Å². The normalized spacial score (nSPS) is 13.1. The highest BCUT2D eigenvalue weighted by Crippen LogP contribution is 2.33. The van der Waals surface area contributed by atoms with E-state index < -0.39 is 11.7 Å². The zero-order chi connectivity index (χ0) is 37.6. The quantitative estimate of drug-likeness (QED) is 0.0977. The summed E-state index contributed by atoms with van der Waals surface area (Å²) in [4.78, 5) is 28.0. The first-order valence-electron chi connectivity index (χ1n) is 18.7. The molecule has 0 radical (unpaired) electrons. The zero-order valence-corrected chi connectivity index (χ0v) is 32.2. The van der Waals surface area contributed by atoms with Crippen LogP contribution in [0.2, 0.25) is 0 Å². The molecule has 11 nitrogen and oxygen atoms in total. The van der Waals surface area contributed by atoms with Crippen molar-refractivity contribution in [2.45, 2.75) is 91.7 Å². The Morgan fingerprint density at radius 3 is 2.04 bits per heavy atom. The highest BCUT2D eigenvalue weighted by molar-refractivity contribution is 5.90. The summed E-state index contributed by atoms with van der Waals surface area (Å²) in [5.74, 6) is 2.06. The third-order valence-corrected chi connectivity index (χ3v) is 8.88. The molecule has 2 heterocycles. The van der Waals surface area contributed by atoms with E-state index in [1.807, 2.05) is 69.3 Å². The SMILES string of the molecule is CCCCOc1nc(CNCc2cccc(CN3CCCC3)c2)c(NC(=O)OC(C)(C)C)c(N(Cc2ccc(OC)cc2)Cc2ccc(OC)cc2)n1. The van der Waals surface area contributed by atoms with E-state index in [4.69, 9.17) is 28.9 Å². The molecule has 1 aromatic heterocycles. The Morgan fingerprint density at radius 1 is 0.830 bits per heavy atom. The number of aromatic nitrogens is 2. The van der Waals surface area contributed by atoms with Crippen molar-refractivity contribution in [3.8, 4) is 17.5 Å². The summed E-state index contributed by atoms with van der Waals surface area (Å²) >= 11 is 0. The molecule has 3 aromatic carbocycles. The van der Waals surface area contributed by atoms with Gasteiger partial charge in [-0.05, 0) is 99.6 Å². The Balaban J connectivity index is 1.52. The Kier molecular flexibility index (Phi) is 14.3. The monoisotopic (exact) mass is 724 g/mol. The first-order valence-corrected chi connectivity index (χ1v) is 18.7. The molecule has 5 rings (SSSR count). The number of nitrogens with zero attached hydrogens (tertiary/aromatic N) is 4. The largest absolute Gasteiger partial charge is 0.497 e. The molecule has 1 fully saturated rings. The lowest BCUT2D eigenvalue weighted by Crippen LogP contribution is -2.31. The van der Waals surface area contributed by atoms with E-state index in [0.717, 1.165) is 55.1 Å². The van der Waals surface area contributed by atoms with E-state index >= 15 is 0 Å². The lowest BCUT2D eigenvalue weighted by molar-refractivity contribution is 0.0635. The number of ether oxygens (including phenoxy) is 4. The zero-order valence-electron chi connectivity index (χ0n) is 32.2. The average Bonchev–Trinajstić information content (AvgIpc) is 3.65. The van der Waals surface area contributed by atoms with Crippen LogP contribution in [0.3, 0.4) is 0 Å². The van der Waals surface area contributed by atoms with E-state index in [2.05, 4.69) is 51.6 Å². The summed E-state index contributed by atoms with van der Waals surface area (Å²) in [5, 5.41) is 6.64. The van der Waals surface area contributed by atoms with Crippen LogP contribution in [0.1, 0.15) is 81.3 Å². The van der Waals surface area contributed by atoms with Crippen LogP contribution in [0, 0.1) is 0 Å². The van der Waals surface area contributed by atoms with Gasteiger partial charge in [-0.15, -0.1) is 0 Å². The van der Waals surface area contributed by atoms with Crippen LogP contribution in [0.25, 0.3) is 0 Å². The maximum atomic E-state index is 13.5. The molecule has 0 bridgehead atoms. The fourth-order valence-electron chi connectivity index (χ4n) is 6.21. The Morgan fingerprint density at radius 2 is 1.45 bits per heavy atom. The van der Waals surface area contributed by atoms with Crippen molar-refractivity contribution in [3.63, 3.8) is 0 Å². The molecule has 0 unspecified atom stereocenters. The second-order valence-electron chi connectivity index (χ2n) is 14.4. The lowest BCUT2D eigenvalue weighted by atomic mass is 10.1. The van der Waals surface area contributed by atoms with Gasteiger partial charge in [0, 0.05) is 32.7 Å². The molecule has 1 amide bonds. The van der Waals surface area contributed by atoms with Gasteiger partial charge < -0.3 is 29.2 Å². The van der Waals surface area contributed by atoms with E-state index in [1.165, 1.54) is 24.0 Å². The van der Waals surface area contributed by atoms with Gasteiger partial charge in [0.25, 0.3) is 0 Å². The van der Waals surface area contributed by atoms with Gasteiger partial charge in [-0.25, -0.2) is 4.79 Å². The fourth-order valence-corrected chi connectivity index (χ4v) is 6.21. The molecule has 0 saturated carbocycles. The van der Waals surface area contributed by atoms with Crippen molar-refractivity contribution in [3.05, 3.63) is 101 Å². The first kappa shape index (κ1) is 39.3. The minimum absolute atomic E-state index is 0.252. The Hall–Kier alpha value is -4.87. The van der Waals surface area contributed by atoms with Crippen molar-refractivity contribution in [1.29, 1.82) is 0 Å². The Labute approximate surface area is 315 Å². The molecule has 53 heavy (non-hydrogen) atoms. The third kappa shape index (κ3) is 12.4. The molecule has 284 valence electrons. The van der Waals surface area contributed by atoms with Gasteiger partial charge in [-0.1, -0.05) is 61.9 Å². The molecule has 0 aliphatic carbocycles. The van der Waals surface area contributed by atoms with Crippen molar-refractivity contribution in [2.24, 2.45) is 0 Å². The topological polar surface area (TPSA) is 110 Å². The number of carbonyl (C=O) groups excluding carboxylic acids is 1. The summed E-state index contributed by atoms with van der Waals surface area (Å²) in [6.07, 6.45) is 3.77. The van der Waals surface area contributed by atoms with Crippen LogP contribution in [0.4, 0.5) is 16.3 Å². The van der Waals surface area contributed by atoms with Gasteiger partial charge in [0.05, 0.1) is 26.5 Å². The number of unbranched alkanes of at least 4 members (excludes halogenated alkanes) is 1. The highest BCUT2D eigenvalue weighted by Gasteiger charge is 2.25. The molecule has 0 spiro atoms. The molecule has 11 heteroatoms. The van der Waals surface area contributed by atoms with Crippen molar-refractivity contribution < 1.29 is 23.7 Å². The molecular formula is C42H56N6O5. The van der Waals surface area contributed by atoms with Gasteiger partial charge in [-0.2, -0.15) is 9.97 Å². The lowest BCUT2D eigenvalue weighted by Gasteiger charge is -2.28. The van der Waals surface area contributed by atoms with E-state index in [9.17, 15) is 4.79 Å². The predicted octanol–water partition coefficient (Wildman–Crippen LogP) is 8.11. The Bertz CT molecular complexity index is 1690. The number of amides is 1. The summed E-state index contributed by atoms with van der Waals surface area (Å²) in [5.41, 5.74) is 4.89. The number of hydrogen-bond acceptors (Lipinski definition) is 10. The van der Waals surface area contributed by atoms with Crippen LogP contribution in [0.15, 0.2) is 72.8 Å². The maximum Gasteiger partial charge on any atom is 0.412 e. The van der Waals surface area contributed by atoms with E-state index in [0.29, 0.717) is 50.0 Å². The van der Waals surface area contributed by atoms with Crippen molar-refractivity contribution in [2.75, 3.05) is 44.1 Å². The molecular weight excluding hydrogens is 668 g/mol. The van der Waals surface area contributed by atoms with Gasteiger partial charge in [0.1, 0.15) is 22.8 Å². The van der Waals surface area contributed by atoms with Crippen molar-refractivity contribution in [1.82, 2.24) is 20.2 Å². The summed E-state index contributed by atoms with van der Waals surface area (Å²) in [6.45, 7) is 13.3. The van der Waals surface area contributed by atoms with Gasteiger partial charge in [0.2, 0.25) is 0 Å². The third-order valence-electron chi connectivity index (χ3n) is 8.88. The standard InChI is InChI=1S/C42H56N6O5/c1-7-8-24-52-40-44-37(27-43-26-33-12-11-13-34(25-33)28-47-22-9-10-23-47)38(45-41(49)53-42(2,3)4)39(46-40)48(29-31-14-18-35(50-5)19-15-31)30-32-16-20-36(51-6)21-17-32/h11-21,25,43H,7-10,22-24,26-30H2,1-6H3,(H,45,49). The number of methoxy groups -OCH3 is 2. The number of likely N-dealkylation sites (tertiary alicyclic amines) is 1. The minimum atomic E-state index is -0.710. The predicted molar refractivity (Wildman–Crippen MR) is 210 cm³/mol. The molecule has 2 N–H and O–H groups in total. The fraction of sp³-hybridized carbons (Fsp3) is 0.452. The van der Waals surface area contributed by atoms with Crippen molar-refractivity contribution >= 4 is 17.6 Å². The summed E-state index contributed by atoms with van der Waals surface area (Å²) in [6, 6.07) is 24.8. The van der Waals surface area contributed by atoms with Crippen LogP contribution in [-0.4, -0.2) is 60.5 Å². The molecule has 1 aliphatic rings. The number of hydrogen-bond donors (Lipinski definition) is 2. The van der Waals surface area contributed by atoms with Crippen LogP contribution >= 0.6 is 0 Å². The second-order valence-corrected chi connectivity index (χ2v) is 14.4. The average molecular weight is 725 g/mol. The van der Waals surface area contributed by atoms with Gasteiger partial charge in [-0.3, -0.25) is 10.2 Å². The number of nitrogens with one attached hydrogen (secondary N) is 2. The molecule has 1 saturated heterocycles. The maximum absolute atomic E-state index is 13.5. The van der Waals surface area contributed by atoms with Gasteiger partial charge in [0.15, 0.2) is 5.82 Å². The van der Waals surface area contributed by atoms with Crippen LogP contribution in [-0.2, 0) is 37.5 Å². The summed E-state index contributed by atoms with van der Waals surface area (Å²) < 4.78 is 22.8. The van der Waals surface area contributed by atoms with E-state index in [-0.39, 0.29) is 6.01 Å². The molecule has 1 aliphatic heterocycles. The highest BCUT2D eigenvalue weighted by atomic mass is 16.6. The molecule has 0 atom stereocenters. The number of rotatable bonds is 18. The number of benzene rings is 3. The molecule has 4 aromatic rings. The first-order chi connectivity index (χ1) is 25.6. The second kappa shape index (κ2) is 19.3. The smallest absolute Gasteiger partial charge is 0.412 e. The van der Waals surface area contributed by atoms with Crippen LogP contribution < -0.4 is 29.7 Å². The number of carbonyl (C=O) groups is 1. The number of anilines is 2. The minimum Gasteiger partial charge on any atom is -0.497 e. The summed E-state index contributed by atoms with van der Waals surface area (Å²) in [7, 11) is 3.31. The van der Waals surface area contributed by atoms with E-state index in [1.54, 1.807) is 14.2 Å². The van der Waals surface area contributed by atoms with Gasteiger partial charge >= 0.3 is 12.1 Å².